The first kappa shape index (κ1) is 29.7. The lowest BCUT2D eigenvalue weighted by atomic mass is 9.70. The van der Waals surface area contributed by atoms with Crippen molar-refractivity contribution in [2.75, 3.05) is 26.6 Å². The Kier molecular flexibility index (Phi) is 8.68. The smallest absolute Gasteiger partial charge is 0.374 e. The SMILES string of the molecule is COC(=O)C(=O)[C@H]1[C@@H]2Nc3ccc(OC)cc3C2=C(O[Si](C(C)C)(C(C)C)C(C)C)C[C@@H]1c1cccc(OC)c1. The molecule has 0 bridgehead atoms. The fourth-order valence-corrected chi connectivity index (χ4v) is 12.4. The van der Waals surface area contributed by atoms with Gasteiger partial charge in [0.2, 0.25) is 5.78 Å². The van der Waals surface area contributed by atoms with E-state index in [9.17, 15) is 9.59 Å². The average Bonchev–Trinajstić information content (AvgIpc) is 3.32. The molecule has 1 heterocycles. The highest BCUT2D eigenvalue weighted by atomic mass is 28.4. The standard InChI is InChI=1S/C32H43NO6Si/c1-18(2)40(19(3)4,20(5)6)39-27-17-24(21-11-10-12-22(15-21)36-7)29(31(34)32(35)38-9)30-28(27)25-16-23(37-8)13-14-26(25)33-30/h10-16,18-20,24,29-30,33H,17H2,1-9H3/t24-,29-,30-/m1/s1. The van der Waals surface area contributed by atoms with Gasteiger partial charge < -0.3 is 24.0 Å². The Labute approximate surface area is 239 Å². The monoisotopic (exact) mass is 565 g/mol. The van der Waals surface area contributed by atoms with Crippen molar-refractivity contribution in [2.24, 2.45) is 5.92 Å². The van der Waals surface area contributed by atoms with E-state index in [1.807, 2.05) is 42.5 Å². The van der Waals surface area contributed by atoms with Crippen molar-refractivity contribution in [1.82, 2.24) is 0 Å². The lowest BCUT2D eigenvalue weighted by Gasteiger charge is -2.46. The van der Waals surface area contributed by atoms with E-state index in [0.29, 0.717) is 28.8 Å². The van der Waals surface area contributed by atoms with Gasteiger partial charge in [0.1, 0.15) is 11.5 Å². The number of nitrogens with one attached hydrogen (secondary N) is 1. The minimum absolute atomic E-state index is 0.327. The largest absolute Gasteiger partial charge is 0.545 e. The molecule has 0 aromatic heterocycles. The number of esters is 1. The molecule has 0 saturated heterocycles. The van der Waals surface area contributed by atoms with Gasteiger partial charge in [-0.1, -0.05) is 53.7 Å². The molecule has 3 atom stereocenters. The molecule has 7 nitrogen and oxygen atoms in total. The second-order valence-corrected chi connectivity index (χ2v) is 17.1. The zero-order valence-electron chi connectivity index (χ0n) is 25.2. The van der Waals surface area contributed by atoms with E-state index < -0.39 is 32.0 Å². The minimum atomic E-state index is -2.36. The van der Waals surface area contributed by atoms with E-state index in [2.05, 4.69) is 46.9 Å². The molecule has 8 heteroatoms. The van der Waals surface area contributed by atoms with Crippen molar-refractivity contribution >= 4 is 31.3 Å². The number of carbonyl (C=O) groups is 2. The van der Waals surface area contributed by atoms with E-state index in [0.717, 1.165) is 33.9 Å². The van der Waals surface area contributed by atoms with Crippen LogP contribution in [0.5, 0.6) is 11.5 Å². The van der Waals surface area contributed by atoms with Crippen LogP contribution in [0.1, 0.15) is 65.0 Å². The second-order valence-electron chi connectivity index (χ2n) is 11.8. The van der Waals surface area contributed by atoms with Crippen molar-refractivity contribution in [1.29, 1.82) is 0 Å². The van der Waals surface area contributed by atoms with Crippen LogP contribution in [-0.2, 0) is 18.8 Å². The van der Waals surface area contributed by atoms with Crippen molar-refractivity contribution in [2.45, 2.75) is 76.5 Å². The van der Waals surface area contributed by atoms with Gasteiger partial charge in [0.05, 0.1) is 39.0 Å². The molecule has 1 aliphatic heterocycles. The molecule has 2 aromatic carbocycles. The van der Waals surface area contributed by atoms with Crippen LogP contribution in [0.15, 0.2) is 48.2 Å². The summed E-state index contributed by atoms with van der Waals surface area (Å²) >= 11 is 0. The maximum Gasteiger partial charge on any atom is 0.374 e. The van der Waals surface area contributed by atoms with E-state index >= 15 is 0 Å². The van der Waals surface area contributed by atoms with Crippen molar-refractivity contribution in [3.63, 3.8) is 0 Å². The van der Waals surface area contributed by atoms with Crippen molar-refractivity contribution in [3.8, 4) is 11.5 Å². The summed E-state index contributed by atoms with van der Waals surface area (Å²) < 4.78 is 23.5. The zero-order valence-corrected chi connectivity index (χ0v) is 26.2. The van der Waals surface area contributed by atoms with Crippen molar-refractivity contribution in [3.05, 3.63) is 59.4 Å². The number of allylic oxidation sites excluding steroid dienone is 1. The molecule has 1 aliphatic carbocycles. The number of rotatable bonds is 10. The summed E-state index contributed by atoms with van der Waals surface area (Å²) in [4.78, 5) is 26.5. The predicted molar refractivity (Wildman–Crippen MR) is 160 cm³/mol. The van der Waals surface area contributed by atoms with E-state index in [4.69, 9.17) is 18.6 Å². The first-order valence-corrected chi connectivity index (χ1v) is 16.3. The number of carbonyl (C=O) groups excluding carboxylic acids is 2. The number of hydrogen-bond donors (Lipinski definition) is 1. The highest BCUT2D eigenvalue weighted by Crippen LogP contribution is 2.54. The Bertz CT molecular complexity index is 1280. The van der Waals surface area contributed by atoms with Crippen molar-refractivity contribution < 1.29 is 28.2 Å². The van der Waals surface area contributed by atoms with Gasteiger partial charge in [0.25, 0.3) is 8.32 Å². The second kappa shape index (κ2) is 11.7. The van der Waals surface area contributed by atoms with Crippen LogP contribution in [0.25, 0.3) is 5.57 Å². The lowest BCUT2D eigenvalue weighted by Crippen LogP contribution is -2.49. The number of fused-ring (bicyclic) bond motifs is 3. The highest BCUT2D eigenvalue weighted by molar-refractivity contribution is 6.78. The van der Waals surface area contributed by atoms with Gasteiger partial charge in [0, 0.05) is 29.2 Å². The Morgan fingerprint density at radius 3 is 2.08 bits per heavy atom. The summed E-state index contributed by atoms with van der Waals surface area (Å²) in [5, 5.41) is 3.59. The number of hydrogen-bond acceptors (Lipinski definition) is 7. The molecule has 0 amide bonds. The third kappa shape index (κ3) is 5.02. The Morgan fingerprint density at radius 2 is 1.50 bits per heavy atom. The van der Waals surface area contributed by atoms with Crippen LogP contribution >= 0.6 is 0 Å². The molecular formula is C32H43NO6Si. The summed E-state index contributed by atoms with van der Waals surface area (Å²) in [5.41, 5.74) is 4.79. The van der Waals surface area contributed by atoms with Crippen LogP contribution in [-0.4, -0.2) is 47.4 Å². The summed E-state index contributed by atoms with van der Waals surface area (Å²) in [5.74, 6) is -0.105. The number of anilines is 1. The maximum absolute atomic E-state index is 13.8. The van der Waals surface area contributed by atoms with E-state index in [-0.39, 0.29) is 5.92 Å². The molecule has 0 spiro atoms. The van der Waals surface area contributed by atoms with E-state index in [1.165, 1.54) is 7.11 Å². The molecule has 2 aliphatic rings. The normalized spacial score (nSPS) is 20.2. The van der Waals surface area contributed by atoms with Gasteiger partial charge in [-0.2, -0.15) is 0 Å². The van der Waals surface area contributed by atoms with Crippen LogP contribution in [0.2, 0.25) is 16.6 Å². The summed E-state index contributed by atoms with van der Waals surface area (Å²) in [6, 6.07) is 13.1. The molecule has 40 heavy (non-hydrogen) atoms. The van der Waals surface area contributed by atoms with Gasteiger partial charge in [0.15, 0.2) is 0 Å². The number of benzene rings is 2. The lowest BCUT2D eigenvalue weighted by molar-refractivity contribution is -0.154. The third-order valence-corrected chi connectivity index (χ3v) is 14.9. The fraction of sp³-hybridized carbons (Fsp3) is 0.500. The molecule has 0 fully saturated rings. The van der Waals surface area contributed by atoms with Gasteiger partial charge in [-0.3, -0.25) is 4.79 Å². The highest BCUT2D eigenvalue weighted by Gasteiger charge is 2.53. The maximum atomic E-state index is 13.8. The minimum Gasteiger partial charge on any atom is -0.545 e. The van der Waals surface area contributed by atoms with Gasteiger partial charge in [-0.15, -0.1) is 0 Å². The first-order valence-electron chi connectivity index (χ1n) is 14.1. The number of ether oxygens (including phenoxy) is 3. The molecule has 2 aromatic rings. The summed E-state index contributed by atoms with van der Waals surface area (Å²) in [6.45, 7) is 13.6. The molecule has 0 saturated carbocycles. The van der Waals surface area contributed by atoms with Gasteiger partial charge >= 0.3 is 5.97 Å². The number of Topliss-reactive ketones (excluding diaryl/α,β-unsaturated/α-hetero) is 1. The number of ketones is 1. The first-order chi connectivity index (χ1) is 19.0. The molecule has 216 valence electrons. The molecule has 0 unspecified atom stereocenters. The molecule has 0 radical (unpaired) electrons. The Hall–Kier alpha value is -3.26. The van der Waals surface area contributed by atoms with Crippen LogP contribution in [0.4, 0.5) is 5.69 Å². The number of methoxy groups -OCH3 is 3. The average molecular weight is 566 g/mol. The quantitative estimate of drug-likeness (QED) is 0.190. The summed E-state index contributed by atoms with van der Waals surface area (Å²) in [7, 11) is 2.16. The van der Waals surface area contributed by atoms with Gasteiger partial charge in [-0.25, -0.2) is 4.79 Å². The molecule has 4 rings (SSSR count). The van der Waals surface area contributed by atoms with Crippen LogP contribution in [0, 0.1) is 5.92 Å². The van der Waals surface area contributed by atoms with Crippen LogP contribution < -0.4 is 14.8 Å². The summed E-state index contributed by atoms with van der Waals surface area (Å²) in [6.07, 6.45) is 0.478. The predicted octanol–water partition coefficient (Wildman–Crippen LogP) is 6.95. The van der Waals surface area contributed by atoms with E-state index in [1.54, 1.807) is 14.2 Å². The topological polar surface area (TPSA) is 83.1 Å². The third-order valence-electron chi connectivity index (χ3n) is 8.86. The molecule has 1 N–H and O–H groups in total. The molecular weight excluding hydrogens is 522 g/mol. The van der Waals surface area contributed by atoms with Crippen LogP contribution in [0.3, 0.4) is 0 Å². The Morgan fingerprint density at radius 1 is 0.875 bits per heavy atom. The fourth-order valence-electron chi connectivity index (χ4n) is 7.10. The zero-order chi connectivity index (χ0) is 29.4. The Balaban J connectivity index is 1.99. The van der Waals surface area contributed by atoms with Gasteiger partial charge in [-0.05, 0) is 52.5 Å².